The first-order valence-corrected chi connectivity index (χ1v) is 6.62. The number of nitrogens with two attached hydrogens (primary N) is 1. The molecule has 2 rings (SSSR count). The third kappa shape index (κ3) is 3.36. The molecule has 0 saturated heterocycles. The molecule has 0 aliphatic heterocycles. The Balaban J connectivity index is 2.26. The van der Waals surface area contributed by atoms with E-state index in [0.29, 0.717) is 0 Å². The number of hydrogen-bond donors (Lipinski definition) is 1. The van der Waals surface area contributed by atoms with Gasteiger partial charge in [0.2, 0.25) is 0 Å². The van der Waals surface area contributed by atoms with Crippen molar-refractivity contribution < 1.29 is 4.74 Å². The molecular weight excluding hydrogens is 234 g/mol. The van der Waals surface area contributed by atoms with E-state index in [1.54, 1.807) is 0 Å². The minimum absolute atomic E-state index is 0.0673. The maximum Gasteiger partial charge on any atom is 0.138 e. The molecule has 0 bridgehead atoms. The summed E-state index contributed by atoms with van der Waals surface area (Å²) in [7, 11) is 0. The second-order valence-electron chi connectivity index (χ2n) is 5.07. The molecule has 2 heteroatoms. The fourth-order valence-corrected chi connectivity index (χ4v) is 2.06. The van der Waals surface area contributed by atoms with Crippen LogP contribution in [0.25, 0.3) is 0 Å². The first kappa shape index (κ1) is 13.6. The molecule has 0 amide bonds. The average Bonchev–Trinajstić information content (AvgIpc) is 2.39. The molecule has 19 heavy (non-hydrogen) atoms. The molecule has 0 fully saturated rings. The van der Waals surface area contributed by atoms with Gasteiger partial charge in [0, 0.05) is 6.04 Å². The van der Waals surface area contributed by atoms with Crippen LogP contribution in [-0.4, -0.2) is 6.04 Å². The maximum atomic E-state index is 6.11. The molecule has 0 aliphatic rings. The molecule has 2 unspecified atom stereocenters. The summed E-state index contributed by atoms with van der Waals surface area (Å²) < 4.78 is 6.11. The summed E-state index contributed by atoms with van der Waals surface area (Å²) in [6.45, 7) is 6.10. The molecular formula is C17H21NO. The van der Waals surface area contributed by atoms with E-state index in [2.05, 4.69) is 31.2 Å². The Labute approximate surface area is 115 Å². The highest BCUT2D eigenvalue weighted by atomic mass is 16.5. The van der Waals surface area contributed by atoms with Crippen LogP contribution in [0.1, 0.15) is 29.7 Å². The van der Waals surface area contributed by atoms with Gasteiger partial charge in [0.05, 0.1) is 0 Å². The van der Waals surface area contributed by atoms with Crippen LogP contribution in [0, 0.1) is 13.8 Å². The van der Waals surface area contributed by atoms with E-state index >= 15 is 0 Å². The van der Waals surface area contributed by atoms with E-state index in [9.17, 15) is 0 Å². The molecule has 0 aliphatic carbocycles. The van der Waals surface area contributed by atoms with Crippen LogP contribution >= 0.6 is 0 Å². The van der Waals surface area contributed by atoms with Crippen LogP contribution in [-0.2, 0) is 0 Å². The van der Waals surface area contributed by atoms with Gasteiger partial charge in [-0.3, -0.25) is 0 Å². The maximum absolute atomic E-state index is 6.11. The number of aryl methyl sites for hydroxylation is 2. The fourth-order valence-electron chi connectivity index (χ4n) is 2.06. The van der Waals surface area contributed by atoms with Crippen molar-refractivity contribution in [3.63, 3.8) is 0 Å². The van der Waals surface area contributed by atoms with Crippen molar-refractivity contribution in [1.29, 1.82) is 0 Å². The Hall–Kier alpha value is -1.80. The number of ether oxygens (including phenoxy) is 1. The van der Waals surface area contributed by atoms with Crippen molar-refractivity contribution >= 4 is 0 Å². The lowest BCUT2D eigenvalue weighted by Crippen LogP contribution is -2.29. The zero-order valence-electron chi connectivity index (χ0n) is 11.8. The number of benzene rings is 2. The Bertz CT molecular complexity index is 531. The molecule has 0 aromatic heterocycles. The standard InChI is InChI=1S/C17H21NO/c1-12-8-10-15(11-9-12)17(14(3)18)19-16-7-5-4-6-13(16)2/h4-11,14,17H,18H2,1-3H3. The normalized spacial score (nSPS) is 13.9. The quantitative estimate of drug-likeness (QED) is 0.902. The van der Waals surface area contributed by atoms with Gasteiger partial charge in [-0.2, -0.15) is 0 Å². The summed E-state index contributed by atoms with van der Waals surface area (Å²) >= 11 is 0. The van der Waals surface area contributed by atoms with Crippen molar-refractivity contribution in [2.75, 3.05) is 0 Å². The van der Waals surface area contributed by atoms with E-state index in [-0.39, 0.29) is 12.1 Å². The summed E-state index contributed by atoms with van der Waals surface area (Å²) in [4.78, 5) is 0. The largest absolute Gasteiger partial charge is 0.484 e. The molecule has 100 valence electrons. The van der Waals surface area contributed by atoms with Gasteiger partial charge in [0.1, 0.15) is 11.9 Å². The van der Waals surface area contributed by atoms with Crippen molar-refractivity contribution in [2.45, 2.75) is 32.9 Å². The zero-order chi connectivity index (χ0) is 13.8. The van der Waals surface area contributed by atoms with Crippen molar-refractivity contribution in [2.24, 2.45) is 5.73 Å². The summed E-state index contributed by atoms with van der Waals surface area (Å²) in [5.41, 5.74) is 9.56. The topological polar surface area (TPSA) is 35.2 Å². The third-order valence-corrected chi connectivity index (χ3v) is 3.23. The molecule has 2 aromatic rings. The monoisotopic (exact) mass is 255 g/mol. The highest BCUT2D eigenvalue weighted by Gasteiger charge is 2.18. The van der Waals surface area contributed by atoms with Crippen molar-refractivity contribution in [1.82, 2.24) is 0 Å². The molecule has 0 saturated carbocycles. The van der Waals surface area contributed by atoms with Crippen LogP contribution in [0.5, 0.6) is 5.75 Å². The molecule has 2 atom stereocenters. The molecule has 0 heterocycles. The van der Waals surface area contributed by atoms with Crippen molar-refractivity contribution in [3.8, 4) is 5.75 Å². The van der Waals surface area contributed by atoms with Crippen LogP contribution in [0.2, 0.25) is 0 Å². The summed E-state index contributed by atoms with van der Waals surface area (Å²) in [6, 6.07) is 16.3. The van der Waals surface area contributed by atoms with Gasteiger partial charge in [-0.15, -0.1) is 0 Å². The van der Waals surface area contributed by atoms with Gasteiger partial charge in [0.25, 0.3) is 0 Å². The number of rotatable bonds is 4. The predicted molar refractivity (Wildman–Crippen MR) is 79.4 cm³/mol. The van der Waals surface area contributed by atoms with Crippen LogP contribution in [0.4, 0.5) is 0 Å². The Morgan fingerprint density at radius 3 is 2.16 bits per heavy atom. The predicted octanol–water partition coefficient (Wildman–Crippen LogP) is 3.77. The second-order valence-corrected chi connectivity index (χ2v) is 5.07. The molecule has 0 spiro atoms. The van der Waals surface area contributed by atoms with E-state index in [4.69, 9.17) is 10.5 Å². The smallest absolute Gasteiger partial charge is 0.138 e. The molecule has 2 N–H and O–H groups in total. The SMILES string of the molecule is Cc1ccc(C(Oc2ccccc2C)C(C)N)cc1. The van der Waals surface area contributed by atoms with Gasteiger partial charge in [-0.1, -0.05) is 48.0 Å². The lowest BCUT2D eigenvalue weighted by Gasteiger charge is -2.24. The summed E-state index contributed by atoms with van der Waals surface area (Å²) in [5, 5.41) is 0. The Morgan fingerprint density at radius 2 is 1.58 bits per heavy atom. The lowest BCUT2D eigenvalue weighted by atomic mass is 10.0. The summed E-state index contributed by atoms with van der Waals surface area (Å²) in [6.07, 6.45) is -0.123. The molecule has 2 aromatic carbocycles. The zero-order valence-corrected chi connectivity index (χ0v) is 11.8. The molecule has 0 radical (unpaired) electrons. The first-order chi connectivity index (χ1) is 9.08. The van der Waals surface area contributed by atoms with Gasteiger partial charge in [-0.05, 0) is 38.0 Å². The highest BCUT2D eigenvalue weighted by Crippen LogP contribution is 2.26. The lowest BCUT2D eigenvalue weighted by molar-refractivity contribution is 0.179. The van der Waals surface area contributed by atoms with E-state index in [1.165, 1.54) is 5.56 Å². The van der Waals surface area contributed by atoms with E-state index in [1.807, 2.05) is 38.1 Å². The van der Waals surface area contributed by atoms with E-state index < -0.39 is 0 Å². The Kier molecular flexibility index (Phi) is 4.23. The second kappa shape index (κ2) is 5.89. The van der Waals surface area contributed by atoms with Gasteiger partial charge >= 0.3 is 0 Å². The van der Waals surface area contributed by atoms with Crippen LogP contribution < -0.4 is 10.5 Å². The minimum atomic E-state index is -0.123. The van der Waals surface area contributed by atoms with Crippen molar-refractivity contribution in [3.05, 3.63) is 65.2 Å². The highest BCUT2D eigenvalue weighted by molar-refractivity contribution is 5.33. The average molecular weight is 255 g/mol. The minimum Gasteiger partial charge on any atom is -0.484 e. The van der Waals surface area contributed by atoms with E-state index in [0.717, 1.165) is 16.9 Å². The number of hydrogen-bond acceptors (Lipinski definition) is 2. The van der Waals surface area contributed by atoms with Crippen LogP contribution in [0.15, 0.2) is 48.5 Å². The summed E-state index contributed by atoms with van der Waals surface area (Å²) in [5.74, 6) is 0.894. The van der Waals surface area contributed by atoms with Gasteiger partial charge < -0.3 is 10.5 Å². The number of para-hydroxylation sites is 1. The Morgan fingerprint density at radius 1 is 0.947 bits per heavy atom. The van der Waals surface area contributed by atoms with Crippen LogP contribution in [0.3, 0.4) is 0 Å². The first-order valence-electron chi connectivity index (χ1n) is 6.62. The third-order valence-electron chi connectivity index (χ3n) is 3.23. The fraction of sp³-hybridized carbons (Fsp3) is 0.294. The molecule has 2 nitrogen and oxygen atoms in total. The van der Waals surface area contributed by atoms with Gasteiger partial charge in [-0.25, -0.2) is 0 Å². The van der Waals surface area contributed by atoms with Gasteiger partial charge in [0.15, 0.2) is 0 Å².